The maximum Gasteiger partial charge on any atom is 0.194 e. The highest BCUT2D eigenvalue weighted by Crippen LogP contribution is 2.29. The van der Waals surface area contributed by atoms with Crippen LogP contribution in [0.25, 0.3) is 11.0 Å². The van der Waals surface area contributed by atoms with E-state index < -0.39 is 0 Å². The number of allylic oxidation sites excluding steroid dienone is 1. The molecule has 1 aromatic carbocycles. The van der Waals surface area contributed by atoms with Gasteiger partial charge in [-0.05, 0) is 25.5 Å². The van der Waals surface area contributed by atoms with Gasteiger partial charge in [-0.3, -0.25) is 9.20 Å². The fourth-order valence-corrected chi connectivity index (χ4v) is 3.77. The van der Waals surface area contributed by atoms with Crippen LogP contribution in [-0.2, 0) is 6.42 Å². The first-order valence-electron chi connectivity index (χ1n) is 6.92. The molecule has 0 N–H and O–H groups in total. The number of benzene rings is 1. The Bertz CT molecular complexity index is 914. The third-order valence-electron chi connectivity index (χ3n) is 3.91. The summed E-state index contributed by atoms with van der Waals surface area (Å²) in [5, 5.41) is 0. The van der Waals surface area contributed by atoms with Gasteiger partial charge >= 0.3 is 0 Å². The van der Waals surface area contributed by atoms with Crippen molar-refractivity contribution in [3.05, 3.63) is 63.4 Å². The van der Waals surface area contributed by atoms with Crippen molar-refractivity contribution in [2.24, 2.45) is 0 Å². The Balaban J connectivity index is 1.85. The number of aryl methyl sites for hydroxylation is 2. The second kappa shape index (κ2) is 4.40. The maximum absolute atomic E-state index is 12.5. The predicted molar refractivity (Wildman–Crippen MR) is 85.0 cm³/mol. The van der Waals surface area contributed by atoms with Gasteiger partial charge in [0.05, 0.1) is 11.4 Å². The van der Waals surface area contributed by atoms with Crippen molar-refractivity contribution in [2.45, 2.75) is 20.3 Å². The van der Waals surface area contributed by atoms with Crippen LogP contribution in [0.3, 0.4) is 0 Å². The first-order chi connectivity index (χ1) is 10.1. The zero-order chi connectivity index (χ0) is 14.6. The zero-order valence-corrected chi connectivity index (χ0v) is 12.7. The number of nitrogens with zero attached hydrogens (tertiary/aromatic N) is 2. The van der Waals surface area contributed by atoms with Gasteiger partial charge in [-0.15, -0.1) is 11.3 Å². The zero-order valence-electron chi connectivity index (χ0n) is 11.9. The summed E-state index contributed by atoms with van der Waals surface area (Å²) in [6, 6.07) is 7.84. The lowest BCUT2D eigenvalue weighted by Gasteiger charge is -1.97. The van der Waals surface area contributed by atoms with Crippen LogP contribution in [0.4, 0.5) is 0 Å². The van der Waals surface area contributed by atoms with Crippen LogP contribution in [0, 0.1) is 13.8 Å². The van der Waals surface area contributed by atoms with Gasteiger partial charge in [-0.25, -0.2) is 4.98 Å². The van der Waals surface area contributed by atoms with Crippen LogP contribution >= 0.6 is 11.3 Å². The smallest absolute Gasteiger partial charge is 0.194 e. The highest BCUT2D eigenvalue weighted by Gasteiger charge is 2.24. The number of rotatable bonds is 1. The molecule has 4 rings (SSSR count). The van der Waals surface area contributed by atoms with E-state index in [1.54, 1.807) is 11.3 Å². The molecule has 3 nitrogen and oxygen atoms in total. The van der Waals surface area contributed by atoms with Crippen LogP contribution in [0.15, 0.2) is 36.0 Å². The molecule has 0 spiro atoms. The predicted octanol–water partition coefficient (Wildman–Crippen LogP) is 3.84. The minimum absolute atomic E-state index is 0.145. The van der Waals surface area contributed by atoms with Gasteiger partial charge in [-0.1, -0.05) is 24.3 Å². The summed E-state index contributed by atoms with van der Waals surface area (Å²) in [7, 11) is 0. The molecule has 2 aromatic heterocycles. The number of carbonyl (C=O) groups is 1. The molecule has 2 heterocycles. The molecule has 0 saturated carbocycles. The number of hydrogen-bond donors (Lipinski definition) is 0. The molecule has 0 radical (unpaired) electrons. The van der Waals surface area contributed by atoms with Crippen molar-refractivity contribution in [3.63, 3.8) is 0 Å². The third-order valence-corrected chi connectivity index (χ3v) is 4.81. The fraction of sp³-hybridized carbons (Fsp3) is 0.176. The highest BCUT2D eigenvalue weighted by molar-refractivity contribution is 7.17. The lowest BCUT2D eigenvalue weighted by atomic mass is 10.1. The van der Waals surface area contributed by atoms with Crippen LogP contribution in [0.5, 0.6) is 0 Å². The molecule has 0 bridgehead atoms. The van der Waals surface area contributed by atoms with Gasteiger partial charge < -0.3 is 0 Å². The summed E-state index contributed by atoms with van der Waals surface area (Å²) in [6.07, 6.45) is 4.80. The van der Waals surface area contributed by atoms with Gasteiger partial charge in [0, 0.05) is 28.6 Å². The average Bonchev–Trinajstić information content (AvgIpc) is 3.05. The summed E-state index contributed by atoms with van der Waals surface area (Å²) in [5.41, 5.74) is 4.80. The number of aromatic nitrogens is 2. The van der Waals surface area contributed by atoms with E-state index in [0.29, 0.717) is 6.42 Å². The van der Waals surface area contributed by atoms with E-state index in [0.717, 1.165) is 33.0 Å². The fourth-order valence-electron chi connectivity index (χ4n) is 2.89. The number of thiazole rings is 1. The molecule has 104 valence electrons. The van der Waals surface area contributed by atoms with Crippen LogP contribution in [0.2, 0.25) is 0 Å². The average molecular weight is 294 g/mol. The monoisotopic (exact) mass is 294 g/mol. The number of carbonyl (C=O) groups excluding carboxylic acids is 1. The molecule has 1 aliphatic rings. The molecule has 21 heavy (non-hydrogen) atoms. The summed E-state index contributed by atoms with van der Waals surface area (Å²) in [4.78, 5) is 19.3. The standard InChI is InChI=1S/C17H14N2OS/c1-10-9-19-15(11(2)18-17(19)21-10)8-13-7-12-5-3-4-6-14(12)16(13)20/h3-6,8-9H,7H2,1-2H3. The van der Waals surface area contributed by atoms with E-state index in [9.17, 15) is 4.79 Å². The first-order valence-corrected chi connectivity index (χ1v) is 7.73. The Morgan fingerprint density at radius 2 is 2.10 bits per heavy atom. The lowest BCUT2D eigenvalue weighted by molar-refractivity contribution is 0.104. The van der Waals surface area contributed by atoms with Crippen molar-refractivity contribution in [2.75, 3.05) is 0 Å². The van der Waals surface area contributed by atoms with Crippen LogP contribution in [0.1, 0.15) is 32.2 Å². The van der Waals surface area contributed by atoms with Crippen molar-refractivity contribution < 1.29 is 4.79 Å². The van der Waals surface area contributed by atoms with Gasteiger partial charge in [0.15, 0.2) is 10.7 Å². The quantitative estimate of drug-likeness (QED) is 0.639. The molecule has 0 atom stereocenters. The number of ketones is 1. The summed E-state index contributed by atoms with van der Waals surface area (Å²) in [5.74, 6) is 0.145. The number of hydrogen-bond acceptors (Lipinski definition) is 3. The minimum Gasteiger partial charge on any atom is -0.290 e. The van der Waals surface area contributed by atoms with Gasteiger partial charge in [0.25, 0.3) is 0 Å². The first kappa shape index (κ1) is 12.5. The molecular weight excluding hydrogens is 280 g/mol. The van der Waals surface area contributed by atoms with Crippen molar-refractivity contribution in [1.82, 2.24) is 9.38 Å². The topological polar surface area (TPSA) is 34.4 Å². The second-order valence-electron chi connectivity index (χ2n) is 5.41. The Hall–Kier alpha value is -2.20. The largest absolute Gasteiger partial charge is 0.290 e. The number of Topliss-reactive ketones (excluding diaryl/α,β-unsaturated/α-hetero) is 1. The van der Waals surface area contributed by atoms with E-state index in [-0.39, 0.29) is 5.78 Å². The summed E-state index contributed by atoms with van der Waals surface area (Å²) >= 11 is 1.67. The van der Waals surface area contributed by atoms with E-state index in [1.165, 1.54) is 4.88 Å². The van der Waals surface area contributed by atoms with Crippen molar-refractivity contribution in [1.29, 1.82) is 0 Å². The Morgan fingerprint density at radius 3 is 2.90 bits per heavy atom. The molecule has 0 saturated heterocycles. The van der Waals surface area contributed by atoms with E-state index in [2.05, 4.69) is 22.5 Å². The molecule has 0 fully saturated rings. The molecule has 0 unspecified atom stereocenters. The third kappa shape index (κ3) is 1.87. The Morgan fingerprint density at radius 1 is 1.29 bits per heavy atom. The maximum atomic E-state index is 12.5. The highest BCUT2D eigenvalue weighted by atomic mass is 32.1. The lowest BCUT2D eigenvalue weighted by Crippen LogP contribution is -1.96. The second-order valence-corrected chi connectivity index (χ2v) is 6.62. The molecular formula is C17H14N2OS. The molecule has 0 amide bonds. The van der Waals surface area contributed by atoms with E-state index in [1.807, 2.05) is 37.3 Å². The van der Waals surface area contributed by atoms with Crippen molar-refractivity contribution in [3.8, 4) is 0 Å². The minimum atomic E-state index is 0.145. The van der Waals surface area contributed by atoms with Gasteiger partial charge in [0.2, 0.25) is 0 Å². The number of imidazole rings is 1. The van der Waals surface area contributed by atoms with E-state index >= 15 is 0 Å². The number of fused-ring (bicyclic) bond motifs is 2. The Labute approximate surface area is 126 Å². The summed E-state index contributed by atoms with van der Waals surface area (Å²) < 4.78 is 2.08. The molecule has 0 aliphatic heterocycles. The van der Waals surface area contributed by atoms with Crippen LogP contribution < -0.4 is 0 Å². The molecule has 3 aromatic rings. The normalized spacial score (nSPS) is 16.1. The van der Waals surface area contributed by atoms with Gasteiger partial charge in [-0.2, -0.15) is 0 Å². The Kier molecular flexibility index (Phi) is 2.62. The SMILES string of the molecule is Cc1cn2c(C=C3Cc4ccccc4C3=O)c(C)nc2s1. The van der Waals surface area contributed by atoms with Crippen molar-refractivity contribution >= 4 is 28.2 Å². The van der Waals surface area contributed by atoms with Gasteiger partial charge in [0.1, 0.15) is 0 Å². The summed E-state index contributed by atoms with van der Waals surface area (Å²) in [6.45, 7) is 4.07. The molecule has 1 aliphatic carbocycles. The molecule has 4 heteroatoms. The van der Waals surface area contributed by atoms with E-state index in [4.69, 9.17) is 0 Å². The van der Waals surface area contributed by atoms with Crippen LogP contribution in [-0.4, -0.2) is 15.2 Å².